The molecule has 6 amide bonds. The number of H-pyrrole nitrogens is 1. The van der Waals surface area contributed by atoms with Crippen molar-refractivity contribution < 1.29 is 48.9 Å². The number of carbonyl (C=O) groups is 7. The lowest BCUT2D eigenvalue weighted by atomic mass is 10.0. The topological polar surface area (TPSA) is 402 Å². The fourth-order valence-electron chi connectivity index (χ4n) is 7.56. The van der Waals surface area contributed by atoms with E-state index in [0.717, 1.165) is 0 Å². The molecule has 1 aliphatic rings. The van der Waals surface area contributed by atoms with E-state index in [1.54, 1.807) is 19.9 Å². The molecule has 4 heterocycles. The number of amides is 6. The van der Waals surface area contributed by atoms with Crippen LogP contribution in [-0.2, 0) is 36.8 Å². The van der Waals surface area contributed by atoms with Gasteiger partial charge in [-0.05, 0) is 98.6 Å². The van der Waals surface area contributed by atoms with E-state index in [1.807, 2.05) is 0 Å². The quantitative estimate of drug-likeness (QED) is 0.0375. The number of fused-ring (bicyclic) bond motifs is 1. The molecule has 72 heavy (non-hydrogen) atoms. The molecule has 0 bridgehead atoms. The number of unbranched alkanes of at least 4 members (excludes halogenated alkanes) is 2. The second-order valence-electron chi connectivity index (χ2n) is 17.2. The Morgan fingerprint density at radius 2 is 1.65 bits per heavy atom. The maximum atomic E-state index is 13.5. The molecule has 0 saturated carbocycles. The van der Waals surface area contributed by atoms with Crippen molar-refractivity contribution in [2.75, 3.05) is 29.9 Å². The highest BCUT2D eigenvalue weighted by Gasteiger charge is 2.28. The number of aromatic nitrogens is 8. The molecule has 5 aromatic rings. The average Bonchev–Trinajstić information content (AvgIpc) is 3.99. The van der Waals surface area contributed by atoms with Crippen LogP contribution in [0.5, 0.6) is 5.75 Å². The number of carboxylic acids is 1. The summed E-state index contributed by atoms with van der Waals surface area (Å²) in [6.45, 7) is 5.30. The largest absolute Gasteiger partial charge is 0.507 e. The van der Waals surface area contributed by atoms with Crippen molar-refractivity contribution in [1.29, 1.82) is 0 Å². The van der Waals surface area contributed by atoms with Gasteiger partial charge in [-0.25, -0.2) is 14.8 Å². The van der Waals surface area contributed by atoms with Crippen molar-refractivity contribution in [3.63, 3.8) is 0 Å². The Morgan fingerprint density at radius 3 is 2.35 bits per heavy atom. The Balaban J connectivity index is 0.964. The Bertz CT molecular complexity index is 2840. The van der Waals surface area contributed by atoms with Crippen LogP contribution in [0.2, 0.25) is 0 Å². The maximum absolute atomic E-state index is 13.5. The third-order valence-corrected chi connectivity index (χ3v) is 11.5. The fraction of sp³-hybridized carbons (Fsp3) is 0.391. The van der Waals surface area contributed by atoms with Crippen LogP contribution in [-0.4, -0.2) is 140 Å². The second kappa shape index (κ2) is 24.2. The minimum atomic E-state index is -1.37. The number of aromatic amines is 1. The van der Waals surface area contributed by atoms with E-state index in [-0.39, 0.29) is 94.9 Å². The van der Waals surface area contributed by atoms with Crippen LogP contribution >= 0.6 is 0 Å². The summed E-state index contributed by atoms with van der Waals surface area (Å²) in [5.41, 5.74) is 13.6. The number of anilines is 3. The molecule has 6 rings (SSSR count). The van der Waals surface area contributed by atoms with Crippen LogP contribution < -0.4 is 38.1 Å². The highest BCUT2D eigenvalue weighted by atomic mass is 16.4. The van der Waals surface area contributed by atoms with Gasteiger partial charge in [-0.3, -0.25) is 28.8 Å². The van der Waals surface area contributed by atoms with E-state index < -0.39 is 54.0 Å². The van der Waals surface area contributed by atoms with Gasteiger partial charge in [-0.1, -0.05) is 26.3 Å². The van der Waals surface area contributed by atoms with Gasteiger partial charge in [-0.15, -0.1) is 10.2 Å². The molecule has 0 saturated heterocycles. The van der Waals surface area contributed by atoms with E-state index in [1.165, 1.54) is 60.5 Å². The molecule has 0 spiro atoms. The number of aryl methyl sites for hydroxylation is 2. The second-order valence-corrected chi connectivity index (χ2v) is 17.2. The van der Waals surface area contributed by atoms with Gasteiger partial charge in [0.15, 0.2) is 17.0 Å². The van der Waals surface area contributed by atoms with Crippen LogP contribution in [0.25, 0.3) is 22.6 Å². The molecule has 3 aromatic heterocycles. The number of aliphatic hydroxyl groups excluding tert-OH is 1. The molecule has 26 nitrogen and oxygen atoms in total. The van der Waals surface area contributed by atoms with E-state index in [4.69, 9.17) is 11.5 Å². The summed E-state index contributed by atoms with van der Waals surface area (Å²) in [4.78, 5) is 108. The first kappa shape index (κ1) is 52.7. The number of carbonyl (C=O) groups excluding carboxylic acids is 6. The monoisotopic (exact) mass is 992 g/mol. The van der Waals surface area contributed by atoms with Crippen molar-refractivity contribution in [2.45, 2.75) is 96.5 Å². The number of tetrazole rings is 1. The number of nitrogen functional groups attached to an aromatic ring is 2. The molecule has 26 heteroatoms. The van der Waals surface area contributed by atoms with Crippen molar-refractivity contribution in [3.8, 4) is 17.1 Å². The third-order valence-electron chi connectivity index (χ3n) is 11.5. The van der Waals surface area contributed by atoms with Crippen molar-refractivity contribution in [1.82, 2.24) is 66.7 Å². The van der Waals surface area contributed by atoms with Gasteiger partial charge in [-0.2, -0.15) is 15.2 Å². The lowest BCUT2D eigenvalue weighted by Gasteiger charge is -2.24. The number of nitrogens with one attached hydrogen (secondary N) is 6. The molecular weight excluding hydrogens is 937 g/mol. The smallest absolute Gasteiger partial charge is 0.326 e. The predicted octanol–water partition coefficient (Wildman–Crippen LogP) is 0.510. The van der Waals surface area contributed by atoms with Gasteiger partial charge in [0, 0.05) is 36.8 Å². The summed E-state index contributed by atoms with van der Waals surface area (Å²) in [5, 5.41) is 57.5. The average molecular weight is 993 g/mol. The molecule has 13 N–H and O–H groups in total. The van der Waals surface area contributed by atoms with Gasteiger partial charge >= 0.3 is 5.97 Å². The van der Waals surface area contributed by atoms with Crippen LogP contribution in [0.3, 0.4) is 0 Å². The zero-order chi connectivity index (χ0) is 52.1. The molecule has 4 atom stereocenters. The number of aromatic hydroxyl groups is 1. The van der Waals surface area contributed by atoms with E-state index in [2.05, 4.69) is 67.1 Å². The number of carboxylic acid groups (broad SMARTS) is 1. The number of nitrogens with two attached hydrogens (primary N) is 2. The standard InChI is InChI=1S/C46H56N16O10/c1-23(2)36(55-33(64)9-5-4-6-19-62-34(65)16-17-35(62)66)44(70)51-24(3)41(67)53-26-13-15-28(30(21-26)39-58-60-61-59-39)42(68)49-18-7-8-31(45(71)72)54-43(69)29-14-11-25(20-32(29)63)10-12-27-22-50-40-37(52-27)38(47)56-46(48)57-40/h11,13-17,20-24,31,34,36,63,65H,4-10,12,18-19H2,1-3H3,(H,49,68)(H,51,70)(H,53,67)(H,54,69)(H,55,64)(H,71,72)(H,58,59,60,61)(H4,47,48,50,56,57)/t24-,31-,34?,36-/m0/s1. The van der Waals surface area contributed by atoms with E-state index in [0.29, 0.717) is 55.4 Å². The van der Waals surface area contributed by atoms with Crippen LogP contribution in [0.1, 0.15) is 91.3 Å². The van der Waals surface area contributed by atoms with Crippen LogP contribution in [0.15, 0.2) is 54.7 Å². The highest BCUT2D eigenvalue weighted by Crippen LogP contribution is 2.25. The number of phenols is 1. The van der Waals surface area contributed by atoms with Gasteiger partial charge in [0.25, 0.3) is 11.8 Å². The molecule has 2 aromatic carbocycles. The Morgan fingerprint density at radius 1 is 0.875 bits per heavy atom. The summed E-state index contributed by atoms with van der Waals surface area (Å²) < 4.78 is 0. The van der Waals surface area contributed by atoms with Crippen molar-refractivity contribution >= 4 is 70.0 Å². The zero-order valence-electron chi connectivity index (χ0n) is 39.6. The molecular formula is C46H56N16O10. The van der Waals surface area contributed by atoms with Crippen LogP contribution in [0, 0.1) is 5.92 Å². The number of benzene rings is 2. The van der Waals surface area contributed by atoms with E-state index in [9.17, 15) is 48.9 Å². The minimum absolute atomic E-state index is 0.0151. The summed E-state index contributed by atoms with van der Waals surface area (Å²) in [5.74, 6) is -5.17. The van der Waals surface area contributed by atoms with Gasteiger partial charge in [0.2, 0.25) is 35.4 Å². The number of hydrogen-bond acceptors (Lipinski definition) is 18. The molecule has 1 unspecified atom stereocenters. The van der Waals surface area contributed by atoms with Crippen molar-refractivity contribution in [3.05, 3.63) is 77.1 Å². The number of rotatable bonds is 24. The number of nitrogens with zero attached hydrogens (tertiary/aromatic N) is 8. The first-order valence-electron chi connectivity index (χ1n) is 23.0. The zero-order valence-corrected chi connectivity index (χ0v) is 39.6. The summed E-state index contributed by atoms with van der Waals surface area (Å²) in [6.07, 6.45) is 5.94. The lowest BCUT2D eigenvalue weighted by Crippen LogP contribution is -2.53. The number of phenolic OH excluding ortho intramolecular Hbond substituents is 1. The maximum Gasteiger partial charge on any atom is 0.326 e. The minimum Gasteiger partial charge on any atom is -0.507 e. The van der Waals surface area contributed by atoms with Crippen molar-refractivity contribution in [2.24, 2.45) is 5.92 Å². The number of hydrogen-bond donors (Lipinski definition) is 11. The Kier molecular flexibility index (Phi) is 17.7. The first-order valence-corrected chi connectivity index (χ1v) is 23.0. The SMILES string of the molecule is CC(C)[C@H](NC(=O)CCCCCN1C(=O)C=CC1O)C(=O)N[C@@H](C)C(=O)Nc1ccc(C(=O)NCCC[C@H](NC(=O)c2ccc(CCc3cnc4nc(N)nc(N)c4n3)cc2O)C(=O)O)c(-c2nn[nH]n2)c1. The number of aliphatic hydroxyl groups is 1. The lowest BCUT2D eigenvalue weighted by molar-refractivity contribution is -0.139. The van der Waals surface area contributed by atoms with Crippen LogP contribution in [0.4, 0.5) is 17.5 Å². The third kappa shape index (κ3) is 14.0. The molecule has 380 valence electrons. The van der Waals surface area contributed by atoms with E-state index >= 15 is 0 Å². The molecule has 0 fully saturated rings. The molecule has 1 aliphatic heterocycles. The first-order chi connectivity index (χ1) is 34.4. The van der Waals surface area contributed by atoms with Gasteiger partial charge < -0.3 is 58.3 Å². The molecule has 0 aliphatic carbocycles. The van der Waals surface area contributed by atoms with Gasteiger partial charge in [0.1, 0.15) is 30.1 Å². The normalized spacial score (nSPS) is 14.4. The Hall–Kier alpha value is -8.68. The summed E-state index contributed by atoms with van der Waals surface area (Å²) in [6, 6.07) is 5.31. The fourth-order valence-corrected chi connectivity index (χ4v) is 7.56. The number of aliphatic carboxylic acids is 1. The molecule has 0 radical (unpaired) electrons. The predicted molar refractivity (Wildman–Crippen MR) is 258 cm³/mol. The van der Waals surface area contributed by atoms with Gasteiger partial charge in [0.05, 0.1) is 23.0 Å². The Labute approximate surface area is 411 Å². The summed E-state index contributed by atoms with van der Waals surface area (Å²) in [7, 11) is 0. The highest BCUT2D eigenvalue weighted by molar-refractivity contribution is 6.03. The summed E-state index contributed by atoms with van der Waals surface area (Å²) >= 11 is 0.